The van der Waals surface area contributed by atoms with E-state index in [-0.39, 0.29) is 17.9 Å². The molecule has 2 heterocycles. The second-order valence-electron chi connectivity index (χ2n) is 7.46. The average molecular weight is 358 g/mol. The average Bonchev–Trinajstić information content (AvgIpc) is 3.11. The molecule has 7 heteroatoms. The molecule has 4 rings (SSSR count). The summed E-state index contributed by atoms with van der Waals surface area (Å²) in [7, 11) is 0. The number of nitrogens with zero attached hydrogens (tertiary/aromatic N) is 1. The molecule has 26 heavy (non-hydrogen) atoms. The predicted molar refractivity (Wildman–Crippen MR) is 94.8 cm³/mol. The topological polar surface area (TPSA) is 92.0 Å². The lowest BCUT2D eigenvalue weighted by Crippen LogP contribution is -3.19. The Morgan fingerprint density at radius 1 is 1.15 bits per heavy atom. The van der Waals surface area contributed by atoms with Crippen molar-refractivity contribution in [2.75, 3.05) is 26.2 Å². The highest BCUT2D eigenvalue weighted by Crippen LogP contribution is 2.23. The van der Waals surface area contributed by atoms with Crippen LogP contribution in [-0.2, 0) is 4.79 Å². The Morgan fingerprint density at radius 2 is 1.88 bits per heavy atom. The first-order valence-electron chi connectivity index (χ1n) is 9.50. The van der Waals surface area contributed by atoms with E-state index >= 15 is 0 Å². The number of H-pyrrole nitrogens is 2. The fourth-order valence-corrected chi connectivity index (χ4v) is 4.62. The van der Waals surface area contributed by atoms with Crippen molar-refractivity contribution in [3.05, 3.63) is 30.0 Å². The molecule has 138 valence electrons. The number of piperazine rings is 1. The fraction of sp³-hybridized carbons (Fsp3) is 0.526. The predicted octanol–water partition coefficient (Wildman–Crippen LogP) is -0.0339. The first-order valence-corrected chi connectivity index (χ1v) is 9.50. The number of amides is 1. The number of carboxylic acids is 1. The molecule has 2 aromatic rings. The van der Waals surface area contributed by atoms with Gasteiger partial charge in [0.05, 0.1) is 31.6 Å². The molecule has 0 unspecified atom stereocenters. The molecule has 1 saturated carbocycles. The molecule has 1 aliphatic heterocycles. The zero-order valence-corrected chi connectivity index (χ0v) is 14.8. The number of nitrogens with one attached hydrogen (secondary N) is 3. The van der Waals surface area contributed by atoms with E-state index in [4.69, 9.17) is 0 Å². The third-order valence-corrected chi connectivity index (χ3v) is 6.03. The van der Waals surface area contributed by atoms with Crippen LogP contribution in [0.4, 0.5) is 0 Å². The van der Waals surface area contributed by atoms with Gasteiger partial charge in [0.2, 0.25) is 0 Å². The monoisotopic (exact) mass is 358 g/mol. The zero-order chi connectivity index (χ0) is 18.1. The Balaban J connectivity index is 1.43. The summed E-state index contributed by atoms with van der Waals surface area (Å²) in [5, 5.41) is 16.5. The van der Waals surface area contributed by atoms with Crippen molar-refractivity contribution in [3.8, 4) is 0 Å². The number of benzene rings is 1. The number of aliphatic carboxylic acids is 1. The van der Waals surface area contributed by atoms with Gasteiger partial charge < -0.3 is 14.9 Å². The van der Waals surface area contributed by atoms with Crippen molar-refractivity contribution >= 4 is 22.8 Å². The number of hydrogen-bond donors (Lipinski definition) is 3. The molecule has 1 aromatic carbocycles. The number of hydrogen-bond acceptors (Lipinski definition) is 2. The highest BCUT2D eigenvalue weighted by molar-refractivity contribution is 6.02. The molecule has 1 saturated heterocycles. The quantitative estimate of drug-likeness (QED) is 0.719. The van der Waals surface area contributed by atoms with Gasteiger partial charge >= 0.3 is 17.6 Å². The lowest BCUT2D eigenvalue weighted by atomic mass is 9.83. The van der Waals surface area contributed by atoms with Crippen LogP contribution in [0.3, 0.4) is 0 Å². The summed E-state index contributed by atoms with van der Waals surface area (Å²) in [6.45, 7) is 2.99. The number of aromatic amines is 2. The molecule has 4 N–H and O–H groups in total. The number of rotatable bonds is 3. The molecule has 7 nitrogen and oxygen atoms in total. The molecule has 0 radical (unpaired) electrons. The van der Waals surface area contributed by atoms with Crippen molar-refractivity contribution in [1.82, 2.24) is 10.00 Å². The van der Waals surface area contributed by atoms with Gasteiger partial charge in [-0.15, -0.1) is 5.10 Å². The van der Waals surface area contributed by atoms with E-state index in [0.717, 1.165) is 49.7 Å². The third kappa shape index (κ3) is 3.07. The summed E-state index contributed by atoms with van der Waals surface area (Å²) < 4.78 is 0. The van der Waals surface area contributed by atoms with Gasteiger partial charge in [-0.05, 0) is 25.0 Å². The first-order chi connectivity index (χ1) is 12.6. The molecule has 2 atom stereocenters. The number of carbonyl (C=O) groups is 2. The molecule has 0 spiro atoms. The number of quaternary nitrogens is 1. The molecule has 1 aromatic heterocycles. The second-order valence-corrected chi connectivity index (χ2v) is 7.46. The Hall–Kier alpha value is -2.41. The standard InChI is InChI=1S/C19H24N4O3/c24-18(17-13-5-1-3-7-15(13)20-21-17)23-11-9-22(10-12-23)16-8-4-2-6-14(16)19(25)26/h1,3,5,7,14,16H,2,4,6,8-12H2,(H,20,21)(H,25,26)/p+2/t14-,16-/m1/s1. The molecule has 0 bridgehead atoms. The third-order valence-electron chi connectivity index (χ3n) is 6.03. The summed E-state index contributed by atoms with van der Waals surface area (Å²) in [5.74, 6) is -0.878. The van der Waals surface area contributed by atoms with Crippen molar-refractivity contribution in [2.24, 2.45) is 5.92 Å². The summed E-state index contributed by atoms with van der Waals surface area (Å²) in [6, 6.07) is 7.94. The minimum atomic E-state index is -0.658. The van der Waals surface area contributed by atoms with Gasteiger partial charge in [0, 0.05) is 6.42 Å². The molecule has 1 amide bonds. The van der Waals surface area contributed by atoms with Crippen LogP contribution in [0.15, 0.2) is 24.3 Å². The van der Waals surface area contributed by atoms with Crippen LogP contribution < -0.4 is 10.00 Å². The summed E-state index contributed by atoms with van der Waals surface area (Å²) in [4.78, 5) is 27.7. The molecular weight excluding hydrogens is 332 g/mol. The smallest absolute Gasteiger partial charge is 0.322 e. The van der Waals surface area contributed by atoms with Crippen LogP contribution in [0.1, 0.15) is 36.2 Å². The van der Waals surface area contributed by atoms with E-state index in [1.807, 2.05) is 29.2 Å². The normalized spacial score (nSPS) is 24.7. The Bertz CT molecular complexity index is 810. The van der Waals surface area contributed by atoms with Crippen LogP contribution in [0.5, 0.6) is 0 Å². The van der Waals surface area contributed by atoms with Gasteiger partial charge in [-0.2, -0.15) is 5.10 Å². The Labute approximate surface area is 152 Å². The maximum Gasteiger partial charge on any atom is 0.322 e. The van der Waals surface area contributed by atoms with E-state index in [1.54, 1.807) is 0 Å². The Kier molecular flexibility index (Phi) is 4.63. The number of aromatic nitrogens is 2. The first kappa shape index (κ1) is 17.0. The van der Waals surface area contributed by atoms with E-state index < -0.39 is 5.97 Å². The van der Waals surface area contributed by atoms with Gasteiger partial charge in [-0.3, -0.25) is 9.59 Å². The lowest BCUT2D eigenvalue weighted by molar-refractivity contribution is -0.933. The van der Waals surface area contributed by atoms with Crippen molar-refractivity contribution in [1.29, 1.82) is 0 Å². The highest BCUT2D eigenvalue weighted by Gasteiger charge is 2.40. The number of carboxylic acid groups (broad SMARTS) is 1. The number of para-hydroxylation sites is 1. The van der Waals surface area contributed by atoms with E-state index in [9.17, 15) is 14.7 Å². The van der Waals surface area contributed by atoms with E-state index in [0.29, 0.717) is 18.8 Å². The summed E-state index contributed by atoms with van der Waals surface area (Å²) in [6.07, 6.45) is 3.90. The fourth-order valence-electron chi connectivity index (χ4n) is 4.62. The largest absolute Gasteiger partial charge is 0.481 e. The van der Waals surface area contributed by atoms with Gasteiger partial charge in [0.25, 0.3) is 0 Å². The van der Waals surface area contributed by atoms with Crippen molar-refractivity contribution in [2.45, 2.75) is 31.7 Å². The van der Waals surface area contributed by atoms with Crippen molar-refractivity contribution < 1.29 is 24.7 Å². The van der Waals surface area contributed by atoms with Gasteiger partial charge in [0.15, 0.2) is 0 Å². The molecule has 2 fully saturated rings. The maximum atomic E-state index is 12.9. The van der Waals surface area contributed by atoms with E-state index in [1.165, 1.54) is 4.90 Å². The summed E-state index contributed by atoms with van der Waals surface area (Å²) in [5.41, 5.74) is 1.52. The molecule has 2 aliphatic rings. The summed E-state index contributed by atoms with van der Waals surface area (Å²) >= 11 is 0. The van der Waals surface area contributed by atoms with Gasteiger partial charge in [0.1, 0.15) is 17.5 Å². The van der Waals surface area contributed by atoms with Crippen LogP contribution >= 0.6 is 0 Å². The molecular formula is C19H26N4O3+2. The SMILES string of the molecule is O=C(O)[C@@H]1CCCC[C@H]1[NH+]1CCN(C(=O)c2[nH+][nH]c3ccccc23)CC1. The zero-order valence-electron chi connectivity index (χ0n) is 14.8. The Morgan fingerprint density at radius 3 is 2.65 bits per heavy atom. The minimum absolute atomic E-state index is 0.0138. The maximum absolute atomic E-state index is 12.9. The molecule has 1 aliphatic carbocycles. The highest BCUT2D eigenvalue weighted by atomic mass is 16.4. The van der Waals surface area contributed by atoms with Crippen LogP contribution in [-0.4, -0.2) is 59.2 Å². The van der Waals surface area contributed by atoms with Gasteiger partial charge in [-0.1, -0.05) is 18.6 Å². The van der Waals surface area contributed by atoms with Crippen LogP contribution in [0.25, 0.3) is 10.9 Å². The lowest BCUT2D eigenvalue weighted by Gasteiger charge is -2.39. The van der Waals surface area contributed by atoms with Gasteiger partial charge in [-0.25, -0.2) is 0 Å². The minimum Gasteiger partial charge on any atom is -0.481 e. The van der Waals surface area contributed by atoms with Crippen LogP contribution in [0.2, 0.25) is 0 Å². The van der Waals surface area contributed by atoms with Crippen molar-refractivity contribution in [3.63, 3.8) is 0 Å². The number of fused-ring (bicyclic) bond motifs is 1. The van der Waals surface area contributed by atoms with E-state index in [2.05, 4.69) is 10.2 Å². The second kappa shape index (κ2) is 7.07. The number of carbonyl (C=O) groups excluding carboxylic acids is 1. The van der Waals surface area contributed by atoms with Crippen LogP contribution in [0, 0.1) is 5.92 Å².